The Labute approximate surface area is 159 Å². The molecule has 3 amide bonds. The van der Waals surface area contributed by atoms with Crippen molar-refractivity contribution in [3.05, 3.63) is 30.1 Å². The third-order valence-electron chi connectivity index (χ3n) is 5.09. The highest BCUT2D eigenvalue weighted by Gasteiger charge is 2.27. The molecule has 2 fully saturated rings. The highest BCUT2D eigenvalue weighted by atomic mass is 19.1. The van der Waals surface area contributed by atoms with Crippen LogP contribution in [0.15, 0.2) is 24.3 Å². The van der Waals surface area contributed by atoms with E-state index in [0.717, 1.165) is 18.5 Å². The van der Waals surface area contributed by atoms with Crippen LogP contribution in [-0.2, 0) is 4.74 Å². The van der Waals surface area contributed by atoms with Gasteiger partial charge in [0.05, 0.1) is 6.61 Å². The van der Waals surface area contributed by atoms with Crippen molar-refractivity contribution >= 4 is 17.8 Å². The summed E-state index contributed by atoms with van der Waals surface area (Å²) in [5.74, 6) is -0.248. The molecule has 1 aromatic carbocycles. The first-order valence-corrected chi connectivity index (χ1v) is 9.54. The molecule has 7 nitrogen and oxygen atoms in total. The number of ether oxygens (including phenoxy) is 1. The fraction of sp³-hybridized carbons (Fsp3) is 0.579. The summed E-state index contributed by atoms with van der Waals surface area (Å²) in [6.45, 7) is 5.91. The van der Waals surface area contributed by atoms with E-state index >= 15 is 0 Å². The molecular weight excluding hydrogens is 351 g/mol. The molecule has 148 valence electrons. The van der Waals surface area contributed by atoms with E-state index < -0.39 is 0 Å². The van der Waals surface area contributed by atoms with E-state index in [0.29, 0.717) is 45.9 Å². The number of halogens is 1. The Morgan fingerprint density at radius 3 is 2.44 bits per heavy atom. The minimum absolute atomic E-state index is 0.0662. The average Bonchev–Trinajstić information content (AvgIpc) is 2.69. The largest absolute Gasteiger partial charge is 0.450 e. The van der Waals surface area contributed by atoms with Crippen LogP contribution < -0.4 is 10.2 Å². The van der Waals surface area contributed by atoms with Gasteiger partial charge in [0, 0.05) is 51.0 Å². The van der Waals surface area contributed by atoms with Gasteiger partial charge in [-0.3, -0.25) is 0 Å². The summed E-state index contributed by atoms with van der Waals surface area (Å²) in [6.07, 6.45) is 1.18. The van der Waals surface area contributed by atoms with Crippen LogP contribution in [0.1, 0.15) is 19.8 Å². The van der Waals surface area contributed by atoms with Gasteiger partial charge >= 0.3 is 12.1 Å². The first-order valence-electron chi connectivity index (χ1n) is 9.54. The second-order valence-corrected chi connectivity index (χ2v) is 6.86. The molecule has 8 heteroatoms. The zero-order valence-electron chi connectivity index (χ0n) is 15.7. The fourth-order valence-corrected chi connectivity index (χ4v) is 3.53. The molecule has 0 spiro atoms. The Balaban J connectivity index is 1.42. The van der Waals surface area contributed by atoms with Crippen LogP contribution >= 0.6 is 0 Å². The van der Waals surface area contributed by atoms with Crippen LogP contribution in [0.25, 0.3) is 0 Å². The summed E-state index contributed by atoms with van der Waals surface area (Å²) in [6, 6.07) is 6.55. The molecule has 27 heavy (non-hydrogen) atoms. The van der Waals surface area contributed by atoms with E-state index in [4.69, 9.17) is 4.74 Å². The SMILES string of the molecule is CCOC(=O)N1CCC(NC(=O)N2CCN(c3cccc(F)c3)CC2)CC1. The molecule has 0 atom stereocenters. The van der Waals surface area contributed by atoms with Gasteiger partial charge in [-0.2, -0.15) is 0 Å². The number of hydrogen-bond donors (Lipinski definition) is 1. The van der Waals surface area contributed by atoms with Crippen molar-refractivity contribution in [1.29, 1.82) is 0 Å². The number of rotatable bonds is 3. The zero-order valence-corrected chi connectivity index (χ0v) is 15.7. The summed E-state index contributed by atoms with van der Waals surface area (Å²) in [4.78, 5) is 29.8. The lowest BCUT2D eigenvalue weighted by atomic mass is 10.1. The van der Waals surface area contributed by atoms with Gasteiger partial charge in [-0.1, -0.05) is 6.07 Å². The van der Waals surface area contributed by atoms with Gasteiger partial charge in [0.2, 0.25) is 0 Å². The molecule has 2 saturated heterocycles. The quantitative estimate of drug-likeness (QED) is 0.876. The highest BCUT2D eigenvalue weighted by molar-refractivity contribution is 5.75. The summed E-state index contributed by atoms with van der Waals surface area (Å²) in [7, 11) is 0. The Bertz CT molecular complexity index is 656. The first kappa shape index (κ1) is 19.3. The van der Waals surface area contributed by atoms with Crippen LogP contribution in [0.3, 0.4) is 0 Å². The maximum Gasteiger partial charge on any atom is 0.409 e. The summed E-state index contributed by atoms with van der Waals surface area (Å²) < 4.78 is 18.4. The molecule has 2 heterocycles. The van der Waals surface area contributed by atoms with E-state index in [1.807, 2.05) is 6.07 Å². The van der Waals surface area contributed by atoms with Crippen molar-refractivity contribution in [2.75, 3.05) is 50.8 Å². The average molecular weight is 378 g/mol. The molecule has 0 aromatic heterocycles. The van der Waals surface area contributed by atoms with Crippen LogP contribution in [0.2, 0.25) is 0 Å². The number of hydrogen-bond acceptors (Lipinski definition) is 4. The Hall–Kier alpha value is -2.51. The van der Waals surface area contributed by atoms with Gasteiger partial charge in [0.25, 0.3) is 0 Å². The molecule has 0 saturated carbocycles. The molecule has 2 aliphatic rings. The van der Waals surface area contributed by atoms with Crippen molar-refractivity contribution in [1.82, 2.24) is 15.1 Å². The lowest BCUT2D eigenvalue weighted by Crippen LogP contribution is -2.55. The second kappa shape index (κ2) is 8.92. The molecule has 1 aromatic rings. The summed E-state index contributed by atoms with van der Waals surface area (Å²) in [5.41, 5.74) is 0.849. The predicted octanol–water partition coefficient (Wildman–Crippen LogP) is 2.28. The first-order chi connectivity index (χ1) is 13.1. The van der Waals surface area contributed by atoms with Crippen molar-refractivity contribution in [2.45, 2.75) is 25.8 Å². The molecule has 0 radical (unpaired) electrons. The minimum Gasteiger partial charge on any atom is -0.450 e. The van der Waals surface area contributed by atoms with E-state index in [1.54, 1.807) is 22.8 Å². The van der Waals surface area contributed by atoms with Crippen molar-refractivity contribution in [3.63, 3.8) is 0 Å². The number of nitrogens with one attached hydrogen (secondary N) is 1. The van der Waals surface area contributed by atoms with Crippen LogP contribution in [0, 0.1) is 5.82 Å². The van der Waals surface area contributed by atoms with E-state index in [2.05, 4.69) is 10.2 Å². The van der Waals surface area contributed by atoms with Crippen molar-refractivity contribution in [3.8, 4) is 0 Å². The number of urea groups is 1. The van der Waals surface area contributed by atoms with Gasteiger partial charge < -0.3 is 24.8 Å². The third-order valence-corrected chi connectivity index (χ3v) is 5.09. The number of piperazine rings is 1. The zero-order chi connectivity index (χ0) is 19.2. The second-order valence-electron chi connectivity index (χ2n) is 6.86. The van der Waals surface area contributed by atoms with Gasteiger partial charge in [-0.15, -0.1) is 0 Å². The Kier molecular flexibility index (Phi) is 6.36. The van der Waals surface area contributed by atoms with Crippen LogP contribution in [0.5, 0.6) is 0 Å². The molecule has 0 aliphatic carbocycles. The predicted molar refractivity (Wildman–Crippen MR) is 100 cm³/mol. The highest BCUT2D eigenvalue weighted by Crippen LogP contribution is 2.18. The van der Waals surface area contributed by atoms with Crippen molar-refractivity contribution in [2.24, 2.45) is 0 Å². The van der Waals surface area contributed by atoms with Gasteiger partial charge in [-0.25, -0.2) is 14.0 Å². The number of amides is 3. The maximum absolute atomic E-state index is 13.4. The number of benzene rings is 1. The third kappa shape index (κ3) is 5.02. The molecule has 0 bridgehead atoms. The number of anilines is 1. The molecule has 2 aliphatic heterocycles. The standard InChI is InChI=1S/C19H27FN4O3/c1-2-27-19(26)24-8-6-16(7-9-24)21-18(25)23-12-10-22(11-13-23)17-5-3-4-15(20)14-17/h3-5,14,16H,2,6-13H2,1H3,(H,21,25). The smallest absolute Gasteiger partial charge is 0.409 e. The lowest BCUT2D eigenvalue weighted by Gasteiger charge is -2.38. The van der Waals surface area contributed by atoms with E-state index in [9.17, 15) is 14.0 Å². The molecule has 0 unspecified atom stereocenters. The van der Waals surface area contributed by atoms with E-state index in [-0.39, 0.29) is 24.0 Å². The Morgan fingerprint density at radius 1 is 1.11 bits per heavy atom. The number of nitrogens with zero attached hydrogens (tertiary/aromatic N) is 3. The topological polar surface area (TPSA) is 65.1 Å². The molecule has 1 N–H and O–H groups in total. The fourth-order valence-electron chi connectivity index (χ4n) is 3.53. The summed E-state index contributed by atoms with van der Waals surface area (Å²) >= 11 is 0. The summed E-state index contributed by atoms with van der Waals surface area (Å²) in [5, 5.41) is 3.07. The number of piperidine rings is 1. The van der Waals surface area contributed by atoms with E-state index in [1.165, 1.54) is 12.1 Å². The number of likely N-dealkylation sites (tertiary alicyclic amines) is 1. The minimum atomic E-state index is -0.282. The number of carbonyl (C=O) groups excluding carboxylic acids is 2. The lowest BCUT2D eigenvalue weighted by molar-refractivity contribution is 0.0950. The molecule has 3 rings (SSSR count). The monoisotopic (exact) mass is 378 g/mol. The number of carbonyl (C=O) groups is 2. The van der Waals surface area contributed by atoms with Gasteiger partial charge in [0.1, 0.15) is 5.82 Å². The maximum atomic E-state index is 13.4. The molecular formula is C19H27FN4O3. The van der Waals surface area contributed by atoms with Gasteiger partial charge in [-0.05, 0) is 38.0 Å². The van der Waals surface area contributed by atoms with Gasteiger partial charge in [0.15, 0.2) is 0 Å². The van der Waals surface area contributed by atoms with Crippen molar-refractivity contribution < 1.29 is 18.7 Å². The van der Waals surface area contributed by atoms with Crippen LogP contribution in [-0.4, -0.2) is 73.8 Å². The normalized spacial score (nSPS) is 18.4. The Morgan fingerprint density at radius 2 is 1.81 bits per heavy atom. The van der Waals surface area contributed by atoms with Crippen LogP contribution in [0.4, 0.5) is 19.7 Å².